The van der Waals surface area contributed by atoms with Gasteiger partial charge in [0.2, 0.25) is 0 Å². The SMILES string of the molecule is CCc1nnc(CN2C[C@@H](C)CC[C@@H]2c2ccccc2OC)n1C. The van der Waals surface area contributed by atoms with Gasteiger partial charge in [0, 0.05) is 31.6 Å². The fourth-order valence-electron chi connectivity index (χ4n) is 3.74. The molecule has 0 radical (unpaired) electrons. The van der Waals surface area contributed by atoms with Crippen LogP contribution in [0.2, 0.25) is 0 Å². The maximum absolute atomic E-state index is 5.61. The number of nitrogens with zero attached hydrogens (tertiary/aromatic N) is 4. The van der Waals surface area contributed by atoms with Gasteiger partial charge in [-0.1, -0.05) is 32.0 Å². The van der Waals surface area contributed by atoms with Gasteiger partial charge in [-0.3, -0.25) is 4.90 Å². The molecule has 2 atom stereocenters. The second-order valence-electron chi connectivity index (χ2n) is 6.81. The molecule has 1 aliphatic rings. The summed E-state index contributed by atoms with van der Waals surface area (Å²) in [4.78, 5) is 2.54. The Morgan fingerprint density at radius 3 is 2.62 bits per heavy atom. The van der Waals surface area contributed by atoms with E-state index >= 15 is 0 Å². The summed E-state index contributed by atoms with van der Waals surface area (Å²) in [7, 11) is 3.82. The summed E-state index contributed by atoms with van der Waals surface area (Å²) in [5.74, 6) is 3.77. The topological polar surface area (TPSA) is 43.2 Å². The summed E-state index contributed by atoms with van der Waals surface area (Å²) in [6, 6.07) is 8.77. The Morgan fingerprint density at radius 2 is 1.92 bits per heavy atom. The van der Waals surface area contributed by atoms with Crippen molar-refractivity contribution in [1.29, 1.82) is 0 Å². The second-order valence-corrected chi connectivity index (χ2v) is 6.81. The molecule has 1 aromatic carbocycles. The van der Waals surface area contributed by atoms with Crippen molar-refractivity contribution in [2.45, 2.75) is 45.7 Å². The van der Waals surface area contributed by atoms with Crippen LogP contribution in [0.25, 0.3) is 0 Å². The van der Waals surface area contributed by atoms with Gasteiger partial charge in [-0.2, -0.15) is 0 Å². The van der Waals surface area contributed by atoms with Crippen molar-refractivity contribution in [2.75, 3.05) is 13.7 Å². The minimum absolute atomic E-state index is 0.374. The first kappa shape index (κ1) is 17.0. The van der Waals surface area contributed by atoms with E-state index < -0.39 is 0 Å². The maximum Gasteiger partial charge on any atom is 0.146 e. The third-order valence-corrected chi connectivity index (χ3v) is 5.13. The molecule has 1 fully saturated rings. The van der Waals surface area contributed by atoms with Gasteiger partial charge in [0.25, 0.3) is 0 Å². The molecule has 0 N–H and O–H groups in total. The van der Waals surface area contributed by atoms with E-state index in [4.69, 9.17) is 4.74 Å². The quantitative estimate of drug-likeness (QED) is 0.844. The zero-order chi connectivity index (χ0) is 17.1. The van der Waals surface area contributed by atoms with Gasteiger partial charge in [0.15, 0.2) is 0 Å². The van der Waals surface area contributed by atoms with Crippen molar-refractivity contribution in [2.24, 2.45) is 13.0 Å². The molecular formula is C19H28N4O. The van der Waals surface area contributed by atoms with Crippen LogP contribution in [-0.4, -0.2) is 33.3 Å². The van der Waals surface area contributed by atoms with Crippen LogP contribution in [-0.2, 0) is 20.0 Å². The van der Waals surface area contributed by atoms with Crippen molar-refractivity contribution in [3.8, 4) is 5.75 Å². The number of hydrogen-bond acceptors (Lipinski definition) is 4. The molecule has 5 nitrogen and oxygen atoms in total. The molecule has 3 rings (SSSR count). The number of ether oxygens (including phenoxy) is 1. The first-order valence-corrected chi connectivity index (χ1v) is 8.88. The molecule has 5 heteroatoms. The Labute approximate surface area is 144 Å². The lowest BCUT2D eigenvalue weighted by atomic mass is 9.89. The highest BCUT2D eigenvalue weighted by molar-refractivity contribution is 5.36. The molecule has 0 saturated carbocycles. The maximum atomic E-state index is 5.61. The third kappa shape index (κ3) is 3.31. The Hall–Kier alpha value is -1.88. The molecule has 24 heavy (non-hydrogen) atoms. The summed E-state index contributed by atoms with van der Waals surface area (Å²) in [5, 5.41) is 8.73. The lowest BCUT2D eigenvalue weighted by molar-refractivity contribution is 0.100. The van der Waals surface area contributed by atoms with Crippen LogP contribution >= 0.6 is 0 Å². The van der Waals surface area contributed by atoms with Gasteiger partial charge >= 0.3 is 0 Å². The van der Waals surface area contributed by atoms with E-state index in [1.807, 2.05) is 6.07 Å². The molecule has 1 saturated heterocycles. The summed E-state index contributed by atoms with van der Waals surface area (Å²) >= 11 is 0. The second kappa shape index (κ2) is 7.34. The normalized spacial score (nSPS) is 21.8. The van der Waals surface area contributed by atoms with Crippen molar-refractivity contribution in [1.82, 2.24) is 19.7 Å². The smallest absolute Gasteiger partial charge is 0.146 e. The molecule has 0 unspecified atom stereocenters. The van der Waals surface area contributed by atoms with Crippen molar-refractivity contribution in [3.05, 3.63) is 41.5 Å². The van der Waals surface area contributed by atoms with Crippen molar-refractivity contribution in [3.63, 3.8) is 0 Å². The zero-order valence-corrected chi connectivity index (χ0v) is 15.2. The van der Waals surface area contributed by atoms with Gasteiger partial charge < -0.3 is 9.30 Å². The van der Waals surface area contributed by atoms with Crippen LogP contribution in [0, 0.1) is 5.92 Å². The molecule has 0 aliphatic carbocycles. The van der Waals surface area contributed by atoms with E-state index in [2.05, 4.69) is 58.8 Å². The summed E-state index contributed by atoms with van der Waals surface area (Å²) in [5.41, 5.74) is 1.28. The van der Waals surface area contributed by atoms with E-state index in [9.17, 15) is 0 Å². The Balaban J connectivity index is 1.88. The monoisotopic (exact) mass is 328 g/mol. The summed E-state index contributed by atoms with van der Waals surface area (Å²) in [6.07, 6.45) is 3.31. The zero-order valence-electron chi connectivity index (χ0n) is 15.2. The van der Waals surface area contributed by atoms with Gasteiger partial charge in [-0.25, -0.2) is 0 Å². The van der Waals surface area contributed by atoms with Crippen molar-refractivity contribution >= 4 is 0 Å². The van der Waals surface area contributed by atoms with E-state index in [1.165, 1.54) is 12.0 Å². The summed E-state index contributed by atoms with van der Waals surface area (Å²) < 4.78 is 7.75. The molecule has 0 bridgehead atoms. The van der Waals surface area contributed by atoms with Crippen LogP contribution in [0.3, 0.4) is 0 Å². The number of aromatic nitrogens is 3. The Bertz CT molecular complexity index is 682. The molecule has 2 aromatic rings. The number of piperidine rings is 1. The minimum atomic E-state index is 0.374. The standard InChI is InChI=1S/C19H28N4O/c1-5-18-20-21-19(22(18)3)13-23-12-14(2)10-11-16(23)15-8-6-7-9-17(15)24-4/h6-9,14,16H,5,10-13H2,1-4H3/t14-,16+/m0/s1. The number of benzene rings is 1. The number of methoxy groups -OCH3 is 1. The molecule has 0 amide bonds. The van der Waals surface area contributed by atoms with Crippen LogP contribution in [0.4, 0.5) is 0 Å². The third-order valence-electron chi connectivity index (χ3n) is 5.13. The van der Waals surface area contributed by atoms with Gasteiger partial charge in [-0.15, -0.1) is 10.2 Å². The summed E-state index contributed by atoms with van der Waals surface area (Å²) in [6.45, 7) is 6.36. The van der Waals surface area contributed by atoms with E-state index in [-0.39, 0.29) is 0 Å². The van der Waals surface area contributed by atoms with Crippen molar-refractivity contribution < 1.29 is 4.74 Å². The highest BCUT2D eigenvalue weighted by Crippen LogP contribution is 2.38. The fraction of sp³-hybridized carbons (Fsp3) is 0.579. The first-order valence-electron chi connectivity index (χ1n) is 8.88. The molecule has 0 spiro atoms. The number of hydrogen-bond donors (Lipinski definition) is 0. The molecule has 1 aromatic heterocycles. The number of aryl methyl sites for hydroxylation is 1. The van der Waals surface area contributed by atoms with Crippen LogP contribution in [0.5, 0.6) is 5.75 Å². The Kier molecular flexibility index (Phi) is 5.19. The van der Waals surface area contributed by atoms with Crippen LogP contribution in [0.15, 0.2) is 24.3 Å². The predicted molar refractivity (Wildman–Crippen MR) is 94.9 cm³/mol. The van der Waals surface area contributed by atoms with E-state index in [1.54, 1.807) is 7.11 Å². The van der Waals surface area contributed by atoms with Gasteiger partial charge in [0.1, 0.15) is 17.4 Å². The number of rotatable bonds is 5. The lowest BCUT2D eigenvalue weighted by Gasteiger charge is -2.39. The first-order chi connectivity index (χ1) is 11.6. The Morgan fingerprint density at radius 1 is 1.17 bits per heavy atom. The molecular weight excluding hydrogens is 300 g/mol. The number of likely N-dealkylation sites (tertiary alicyclic amines) is 1. The highest BCUT2D eigenvalue weighted by atomic mass is 16.5. The van der Waals surface area contributed by atoms with Crippen LogP contribution < -0.4 is 4.74 Å². The molecule has 1 aliphatic heterocycles. The average molecular weight is 328 g/mol. The van der Waals surface area contributed by atoms with E-state index in [0.717, 1.165) is 43.3 Å². The fourth-order valence-corrected chi connectivity index (χ4v) is 3.74. The molecule has 130 valence electrons. The largest absolute Gasteiger partial charge is 0.496 e. The molecule has 2 heterocycles. The lowest BCUT2D eigenvalue weighted by Crippen LogP contribution is -2.37. The number of para-hydroxylation sites is 1. The average Bonchev–Trinajstić information content (AvgIpc) is 2.95. The highest BCUT2D eigenvalue weighted by Gasteiger charge is 2.30. The predicted octanol–water partition coefficient (Wildman–Crippen LogP) is 3.36. The van der Waals surface area contributed by atoms with E-state index in [0.29, 0.717) is 12.0 Å². The van der Waals surface area contributed by atoms with Gasteiger partial charge in [-0.05, 0) is 24.8 Å². The van der Waals surface area contributed by atoms with Crippen LogP contribution in [0.1, 0.15) is 49.9 Å². The minimum Gasteiger partial charge on any atom is -0.496 e. The van der Waals surface area contributed by atoms with Gasteiger partial charge in [0.05, 0.1) is 13.7 Å².